The number of rotatable bonds is 4. The molecule has 28 heavy (non-hydrogen) atoms. The SMILES string of the molecule is CS[C@@H]1CN(c2nc(-c3cccnc3)nc3sc4c(c23)CCC4)C[C@@H]1N(C)C. The molecule has 0 spiro atoms. The van der Waals surface area contributed by atoms with Crippen LogP contribution < -0.4 is 4.90 Å². The van der Waals surface area contributed by atoms with Gasteiger partial charge in [-0.3, -0.25) is 4.98 Å². The molecule has 5 nitrogen and oxygen atoms in total. The highest BCUT2D eigenvalue weighted by Crippen LogP contribution is 2.42. The topological polar surface area (TPSA) is 45.2 Å². The Hall–Kier alpha value is -1.70. The summed E-state index contributed by atoms with van der Waals surface area (Å²) in [4.78, 5) is 21.9. The summed E-state index contributed by atoms with van der Waals surface area (Å²) < 4.78 is 0. The summed E-state index contributed by atoms with van der Waals surface area (Å²) in [5.74, 6) is 1.93. The van der Waals surface area contributed by atoms with E-state index in [4.69, 9.17) is 9.97 Å². The van der Waals surface area contributed by atoms with Crippen molar-refractivity contribution < 1.29 is 0 Å². The normalized spacial score (nSPS) is 21.8. The van der Waals surface area contributed by atoms with Crippen molar-refractivity contribution in [3.8, 4) is 11.4 Å². The molecule has 0 aromatic carbocycles. The van der Waals surface area contributed by atoms with Gasteiger partial charge in [0.25, 0.3) is 0 Å². The van der Waals surface area contributed by atoms with Crippen LogP contribution in [-0.2, 0) is 12.8 Å². The molecular formula is C21H25N5S2. The lowest BCUT2D eigenvalue weighted by Crippen LogP contribution is -2.36. The van der Waals surface area contributed by atoms with E-state index in [0.29, 0.717) is 11.3 Å². The highest BCUT2D eigenvalue weighted by Gasteiger charge is 2.36. The van der Waals surface area contributed by atoms with Crippen LogP contribution in [0.4, 0.5) is 5.82 Å². The molecule has 4 heterocycles. The largest absolute Gasteiger partial charge is 0.353 e. The molecule has 7 heteroatoms. The van der Waals surface area contributed by atoms with Crippen LogP contribution in [0.5, 0.6) is 0 Å². The number of pyridine rings is 1. The van der Waals surface area contributed by atoms with Crippen molar-refractivity contribution in [3.63, 3.8) is 0 Å². The number of aromatic nitrogens is 3. The standard InChI is InChI=1S/C21H25N5S2/c1-25(2)15-11-26(12-17(15)27-3)20-18-14-7-4-8-16(14)28-21(18)24-19(23-20)13-6-5-9-22-10-13/h5-6,9-10,15,17H,4,7-8,11-12H2,1-3H3/t15-,17+/m0/s1. The van der Waals surface area contributed by atoms with Crippen LogP contribution in [0, 0.1) is 0 Å². The van der Waals surface area contributed by atoms with Crippen LogP contribution >= 0.6 is 23.1 Å². The van der Waals surface area contributed by atoms with Gasteiger partial charge in [-0.15, -0.1) is 11.3 Å². The monoisotopic (exact) mass is 411 g/mol. The van der Waals surface area contributed by atoms with Gasteiger partial charge in [-0.2, -0.15) is 11.8 Å². The van der Waals surface area contributed by atoms with E-state index in [9.17, 15) is 0 Å². The number of hydrogen-bond acceptors (Lipinski definition) is 7. The molecule has 0 amide bonds. The van der Waals surface area contributed by atoms with Gasteiger partial charge in [0.2, 0.25) is 0 Å². The first-order valence-corrected chi connectivity index (χ1v) is 11.9. The fourth-order valence-corrected chi connectivity index (χ4v) is 6.72. The predicted octanol–water partition coefficient (Wildman–Crippen LogP) is 3.72. The molecule has 0 bridgehead atoms. The van der Waals surface area contributed by atoms with E-state index in [1.54, 1.807) is 6.20 Å². The van der Waals surface area contributed by atoms with Crippen LogP contribution in [0.3, 0.4) is 0 Å². The first-order chi connectivity index (χ1) is 13.7. The molecule has 3 aromatic heterocycles. The average molecular weight is 412 g/mol. The molecule has 1 saturated heterocycles. The van der Waals surface area contributed by atoms with Crippen molar-refractivity contribution in [2.45, 2.75) is 30.6 Å². The second-order valence-electron chi connectivity index (χ2n) is 7.86. The van der Waals surface area contributed by atoms with Gasteiger partial charge in [-0.1, -0.05) is 0 Å². The molecule has 0 radical (unpaired) electrons. The minimum atomic E-state index is 0.536. The molecule has 0 saturated carbocycles. The number of thioether (sulfide) groups is 1. The zero-order valence-electron chi connectivity index (χ0n) is 16.6. The Morgan fingerprint density at radius 1 is 1.21 bits per heavy atom. The Bertz CT molecular complexity index is 1000. The minimum Gasteiger partial charge on any atom is -0.353 e. The van der Waals surface area contributed by atoms with E-state index >= 15 is 0 Å². The number of likely N-dealkylation sites (N-methyl/N-ethyl adjacent to an activating group) is 1. The zero-order valence-corrected chi connectivity index (χ0v) is 18.2. The van der Waals surface area contributed by atoms with Gasteiger partial charge in [-0.25, -0.2) is 9.97 Å². The average Bonchev–Trinajstić information content (AvgIpc) is 3.41. The number of nitrogens with zero attached hydrogens (tertiary/aromatic N) is 5. The summed E-state index contributed by atoms with van der Waals surface area (Å²) in [7, 11) is 4.38. The van der Waals surface area contributed by atoms with Gasteiger partial charge in [0.1, 0.15) is 10.6 Å². The van der Waals surface area contributed by atoms with Crippen LogP contribution in [0.1, 0.15) is 16.9 Å². The van der Waals surface area contributed by atoms with E-state index < -0.39 is 0 Å². The summed E-state index contributed by atoms with van der Waals surface area (Å²) in [6.07, 6.45) is 9.50. The Kier molecular flexibility index (Phi) is 4.77. The molecule has 1 aliphatic heterocycles. The first-order valence-electron chi connectivity index (χ1n) is 9.82. The molecule has 2 atom stereocenters. The summed E-state index contributed by atoms with van der Waals surface area (Å²) in [6.45, 7) is 2.05. The summed E-state index contributed by atoms with van der Waals surface area (Å²) in [5.41, 5.74) is 2.49. The Morgan fingerprint density at radius 2 is 2.11 bits per heavy atom. The third kappa shape index (κ3) is 3.00. The third-order valence-electron chi connectivity index (χ3n) is 5.97. The minimum absolute atomic E-state index is 0.536. The quantitative estimate of drug-likeness (QED) is 0.652. The van der Waals surface area contributed by atoms with Crippen molar-refractivity contribution in [2.24, 2.45) is 0 Å². The zero-order chi connectivity index (χ0) is 19.3. The number of fused-ring (bicyclic) bond motifs is 3. The van der Waals surface area contributed by atoms with Gasteiger partial charge in [0, 0.05) is 47.2 Å². The molecular weight excluding hydrogens is 386 g/mol. The van der Waals surface area contributed by atoms with Crippen molar-refractivity contribution >= 4 is 39.1 Å². The predicted molar refractivity (Wildman–Crippen MR) is 120 cm³/mol. The lowest BCUT2D eigenvalue weighted by molar-refractivity contribution is 0.320. The van der Waals surface area contributed by atoms with E-state index in [1.807, 2.05) is 35.4 Å². The Labute approximate surface area is 174 Å². The molecule has 1 aliphatic carbocycles. The van der Waals surface area contributed by atoms with Crippen LogP contribution in [-0.4, -0.2) is 64.6 Å². The van der Waals surface area contributed by atoms with Gasteiger partial charge >= 0.3 is 0 Å². The van der Waals surface area contributed by atoms with Crippen molar-refractivity contribution in [3.05, 3.63) is 35.0 Å². The van der Waals surface area contributed by atoms with Crippen molar-refractivity contribution in [2.75, 3.05) is 38.3 Å². The molecule has 2 aliphatic rings. The maximum absolute atomic E-state index is 5.12. The van der Waals surface area contributed by atoms with Crippen LogP contribution in [0.25, 0.3) is 21.6 Å². The second kappa shape index (κ2) is 7.28. The third-order valence-corrected chi connectivity index (χ3v) is 8.22. The number of aryl methyl sites for hydroxylation is 2. The molecule has 3 aromatic rings. The van der Waals surface area contributed by atoms with E-state index in [0.717, 1.165) is 41.5 Å². The van der Waals surface area contributed by atoms with Gasteiger partial charge in [0.05, 0.1) is 5.39 Å². The fraction of sp³-hybridized carbons (Fsp3) is 0.476. The number of anilines is 1. The van der Waals surface area contributed by atoms with Crippen molar-refractivity contribution in [1.82, 2.24) is 19.9 Å². The van der Waals surface area contributed by atoms with E-state index in [2.05, 4.69) is 41.2 Å². The van der Waals surface area contributed by atoms with E-state index in [-0.39, 0.29) is 0 Å². The molecule has 1 fully saturated rings. The van der Waals surface area contributed by atoms with Gasteiger partial charge < -0.3 is 9.80 Å². The van der Waals surface area contributed by atoms with Crippen molar-refractivity contribution in [1.29, 1.82) is 0 Å². The Balaban J connectivity index is 1.66. The van der Waals surface area contributed by atoms with Gasteiger partial charge in [0.15, 0.2) is 5.82 Å². The van der Waals surface area contributed by atoms with Crippen LogP contribution in [0.15, 0.2) is 24.5 Å². The maximum atomic E-state index is 5.12. The molecule has 0 unspecified atom stereocenters. The van der Waals surface area contributed by atoms with Gasteiger partial charge in [-0.05, 0) is 57.3 Å². The Morgan fingerprint density at radius 3 is 2.82 bits per heavy atom. The lowest BCUT2D eigenvalue weighted by Gasteiger charge is -2.23. The smallest absolute Gasteiger partial charge is 0.164 e. The van der Waals surface area contributed by atoms with E-state index in [1.165, 1.54) is 28.7 Å². The summed E-state index contributed by atoms with van der Waals surface area (Å²) in [5, 5.41) is 1.90. The number of thiophene rings is 1. The highest BCUT2D eigenvalue weighted by atomic mass is 32.2. The fourth-order valence-electron chi connectivity index (χ4n) is 4.49. The van der Waals surface area contributed by atoms with Crippen LogP contribution in [0.2, 0.25) is 0 Å². The summed E-state index contributed by atoms with van der Waals surface area (Å²) >= 11 is 3.83. The second-order valence-corrected chi connectivity index (χ2v) is 10.0. The molecule has 146 valence electrons. The molecule has 0 N–H and O–H groups in total. The maximum Gasteiger partial charge on any atom is 0.164 e. The summed E-state index contributed by atoms with van der Waals surface area (Å²) in [6, 6.07) is 4.54. The molecule has 5 rings (SSSR count). The first kappa shape index (κ1) is 18.3. The number of hydrogen-bond donors (Lipinski definition) is 0. The lowest BCUT2D eigenvalue weighted by atomic mass is 10.1. The highest BCUT2D eigenvalue weighted by molar-refractivity contribution is 7.99.